The molecule has 1 aromatic rings. The second-order valence-corrected chi connectivity index (χ2v) is 3.10. The Morgan fingerprint density at radius 2 is 2.38 bits per heavy atom. The Bertz CT molecular complexity index is 287. The fourth-order valence-corrected chi connectivity index (χ4v) is 0.895. The number of nitrogens with one attached hydrogen (secondary N) is 2. The van der Waals surface area contributed by atoms with Crippen LogP contribution in [0, 0.1) is 0 Å². The van der Waals surface area contributed by atoms with Gasteiger partial charge in [0.15, 0.2) is 0 Å². The third kappa shape index (κ3) is 3.38. The van der Waals surface area contributed by atoms with E-state index >= 15 is 0 Å². The SMILES string of the molecule is CCC(C)NCc1ccc(=O)[nH]n1. The minimum Gasteiger partial charge on any atom is -0.309 e. The van der Waals surface area contributed by atoms with Crippen molar-refractivity contribution >= 4 is 0 Å². The molecule has 0 amide bonds. The number of rotatable bonds is 4. The van der Waals surface area contributed by atoms with Gasteiger partial charge in [-0.1, -0.05) is 6.92 Å². The van der Waals surface area contributed by atoms with E-state index in [2.05, 4.69) is 29.4 Å². The molecule has 0 fully saturated rings. The summed E-state index contributed by atoms with van der Waals surface area (Å²) in [5.74, 6) is 0. The molecule has 2 N–H and O–H groups in total. The van der Waals surface area contributed by atoms with E-state index in [1.54, 1.807) is 6.07 Å². The van der Waals surface area contributed by atoms with Gasteiger partial charge in [0.25, 0.3) is 5.56 Å². The summed E-state index contributed by atoms with van der Waals surface area (Å²) in [5.41, 5.74) is 0.701. The fourth-order valence-electron chi connectivity index (χ4n) is 0.895. The van der Waals surface area contributed by atoms with E-state index in [1.807, 2.05) is 0 Å². The first kappa shape index (κ1) is 9.92. The van der Waals surface area contributed by atoms with Gasteiger partial charge in [0, 0.05) is 18.7 Å². The quantitative estimate of drug-likeness (QED) is 0.717. The molecule has 0 saturated carbocycles. The van der Waals surface area contributed by atoms with Crippen molar-refractivity contribution in [3.8, 4) is 0 Å². The van der Waals surface area contributed by atoms with E-state index < -0.39 is 0 Å². The van der Waals surface area contributed by atoms with E-state index in [1.165, 1.54) is 6.07 Å². The van der Waals surface area contributed by atoms with Crippen LogP contribution < -0.4 is 10.9 Å². The van der Waals surface area contributed by atoms with Gasteiger partial charge in [-0.25, -0.2) is 5.10 Å². The molecule has 13 heavy (non-hydrogen) atoms. The highest BCUT2D eigenvalue weighted by molar-refractivity contribution is 4.98. The van der Waals surface area contributed by atoms with Crippen LogP contribution in [0.5, 0.6) is 0 Å². The summed E-state index contributed by atoms with van der Waals surface area (Å²) in [5, 5.41) is 9.56. The van der Waals surface area contributed by atoms with Crippen LogP contribution >= 0.6 is 0 Å². The average molecular weight is 181 g/mol. The lowest BCUT2D eigenvalue weighted by atomic mass is 10.2. The van der Waals surface area contributed by atoms with Gasteiger partial charge in [0.05, 0.1) is 5.69 Å². The molecule has 0 aromatic carbocycles. The second kappa shape index (κ2) is 4.77. The van der Waals surface area contributed by atoms with Gasteiger partial charge in [-0.15, -0.1) is 0 Å². The molecule has 4 heteroatoms. The molecule has 0 radical (unpaired) electrons. The molecule has 0 spiro atoms. The molecule has 0 aliphatic heterocycles. The van der Waals surface area contributed by atoms with Gasteiger partial charge in [-0.05, 0) is 19.4 Å². The molecule has 1 unspecified atom stereocenters. The fraction of sp³-hybridized carbons (Fsp3) is 0.556. The van der Waals surface area contributed by atoms with Crippen LogP contribution in [0.15, 0.2) is 16.9 Å². The number of aromatic nitrogens is 2. The Hall–Kier alpha value is -1.16. The van der Waals surface area contributed by atoms with Crippen LogP contribution in [0.1, 0.15) is 26.0 Å². The van der Waals surface area contributed by atoms with Gasteiger partial charge in [0.2, 0.25) is 0 Å². The van der Waals surface area contributed by atoms with Gasteiger partial charge >= 0.3 is 0 Å². The Kier molecular flexibility index (Phi) is 3.64. The zero-order chi connectivity index (χ0) is 9.68. The topological polar surface area (TPSA) is 57.8 Å². The van der Waals surface area contributed by atoms with Crippen molar-refractivity contribution in [2.45, 2.75) is 32.9 Å². The number of H-pyrrole nitrogens is 1. The van der Waals surface area contributed by atoms with Crippen LogP contribution in [-0.2, 0) is 6.54 Å². The van der Waals surface area contributed by atoms with E-state index in [0.717, 1.165) is 12.1 Å². The zero-order valence-corrected chi connectivity index (χ0v) is 8.00. The number of aromatic amines is 1. The molecule has 72 valence electrons. The molecule has 0 aliphatic rings. The predicted molar refractivity (Wildman–Crippen MR) is 51.5 cm³/mol. The summed E-state index contributed by atoms with van der Waals surface area (Å²) in [4.78, 5) is 10.7. The van der Waals surface area contributed by atoms with Gasteiger partial charge in [-0.3, -0.25) is 4.79 Å². The van der Waals surface area contributed by atoms with Gasteiger partial charge < -0.3 is 5.32 Å². The molecular formula is C9H15N3O. The number of hydrogen-bond acceptors (Lipinski definition) is 3. The summed E-state index contributed by atoms with van der Waals surface area (Å²) >= 11 is 0. The molecule has 0 aliphatic carbocycles. The summed E-state index contributed by atoms with van der Waals surface area (Å²) in [6, 6.07) is 3.70. The van der Waals surface area contributed by atoms with E-state index in [9.17, 15) is 4.79 Å². The molecular weight excluding hydrogens is 166 g/mol. The average Bonchev–Trinajstić information content (AvgIpc) is 2.16. The first-order chi connectivity index (χ1) is 6.22. The van der Waals surface area contributed by atoms with Crippen LogP contribution in [-0.4, -0.2) is 16.2 Å². The maximum atomic E-state index is 10.7. The molecule has 4 nitrogen and oxygen atoms in total. The Morgan fingerprint density at radius 1 is 1.62 bits per heavy atom. The lowest BCUT2D eigenvalue weighted by molar-refractivity contribution is 0.526. The maximum absolute atomic E-state index is 10.7. The van der Waals surface area contributed by atoms with E-state index in [-0.39, 0.29) is 5.56 Å². The van der Waals surface area contributed by atoms with Crippen molar-refractivity contribution in [1.29, 1.82) is 0 Å². The number of nitrogens with zero attached hydrogens (tertiary/aromatic N) is 1. The van der Waals surface area contributed by atoms with Crippen LogP contribution in [0.4, 0.5) is 0 Å². The van der Waals surface area contributed by atoms with E-state index in [0.29, 0.717) is 12.6 Å². The Morgan fingerprint density at radius 3 is 2.92 bits per heavy atom. The highest BCUT2D eigenvalue weighted by atomic mass is 16.1. The van der Waals surface area contributed by atoms with Crippen LogP contribution in [0.3, 0.4) is 0 Å². The molecule has 1 rings (SSSR count). The normalized spacial score (nSPS) is 12.8. The molecule has 1 atom stereocenters. The van der Waals surface area contributed by atoms with Gasteiger partial charge in [-0.2, -0.15) is 5.10 Å². The Balaban J connectivity index is 2.46. The largest absolute Gasteiger partial charge is 0.309 e. The summed E-state index contributed by atoms with van der Waals surface area (Å²) in [6.45, 7) is 4.94. The minimum absolute atomic E-state index is 0.160. The number of hydrogen-bond donors (Lipinski definition) is 2. The first-order valence-corrected chi connectivity index (χ1v) is 4.50. The highest BCUT2D eigenvalue weighted by Crippen LogP contribution is 1.92. The van der Waals surface area contributed by atoms with Crippen molar-refractivity contribution in [3.05, 3.63) is 28.2 Å². The Labute approximate surface area is 77.4 Å². The van der Waals surface area contributed by atoms with Crippen molar-refractivity contribution in [3.63, 3.8) is 0 Å². The third-order valence-corrected chi connectivity index (χ3v) is 1.98. The highest BCUT2D eigenvalue weighted by Gasteiger charge is 1.98. The van der Waals surface area contributed by atoms with Gasteiger partial charge in [0.1, 0.15) is 0 Å². The third-order valence-electron chi connectivity index (χ3n) is 1.98. The van der Waals surface area contributed by atoms with Crippen molar-refractivity contribution < 1.29 is 0 Å². The van der Waals surface area contributed by atoms with E-state index in [4.69, 9.17) is 0 Å². The zero-order valence-electron chi connectivity index (χ0n) is 8.00. The van der Waals surface area contributed by atoms with Crippen molar-refractivity contribution in [2.75, 3.05) is 0 Å². The molecule has 1 heterocycles. The van der Waals surface area contributed by atoms with Crippen molar-refractivity contribution in [2.24, 2.45) is 0 Å². The molecule has 0 saturated heterocycles. The van der Waals surface area contributed by atoms with Crippen LogP contribution in [0.2, 0.25) is 0 Å². The molecule has 0 bridgehead atoms. The summed E-state index contributed by atoms with van der Waals surface area (Å²) < 4.78 is 0. The van der Waals surface area contributed by atoms with Crippen molar-refractivity contribution in [1.82, 2.24) is 15.5 Å². The maximum Gasteiger partial charge on any atom is 0.264 e. The minimum atomic E-state index is -0.160. The smallest absolute Gasteiger partial charge is 0.264 e. The standard InChI is InChI=1S/C9H15N3O/c1-3-7(2)10-6-8-4-5-9(13)12-11-8/h4-5,7,10H,3,6H2,1-2H3,(H,12,13). The summed E-state index contributed by atoms with van der Waals surface area (Å²) in [7, 11) is 0. The second-order valence-electron chi connectivity index (χ2n) is 3.10. The predicted octanol–water partition coefficient (Wildman–Crippen LogP) is 0.658. The monoisotopic (exact) mass is 181 g/mol. The first-order valence-electron chi connectivity index (χ1n) is 4.50. The molecule has 1 aromatic heterocycles. The van der Waals surface area contributed by atoms with Crippen LogP contribution in [0.25, 0.3) is 0 Å². The lowest BCUT2D eigenvalue weighted by Gasteiger charge is -2.09. The lowest BCUT2D eigenvalue weighted by Crippen LogP contribution is -2.25. The summed E-state index contributed by atoms with van der Waals surface area (Å²) in [6.07, 6.45) is 1.09.